The van der Waals surface area contributed by atoms with Crippen molar-refractivity contribution in [3.8, 4) is 0 Å². The molecule has 0 aromatic rings. The molecule has 2 bridgehead atoms. The van der Waals surface area contributed by atoms with Gasteiger partial charge in [0.15, 0.2) is 0 Å². The second kappa shape index (κ2) is 4.04. The lowest BCUT2D eigenvalue weighted by Gasteiger charge is -2.65. The Morgan fingerprint density at radius 2 is 1.50 bits per heavy atom. The van der Waals surface area contributed by atoms with Gasteiger partial charge in [-0.25, -0.2) is 0 Å². The summed E-state index contributed by atoms with van der Waals surface area (Å²) < 4.78 is 12.5. The van der Waals surface area contributed by atoms with E-state index in [0.717, 1.165) is 18.2 Å². The number of hydrogen-bond donors (Lipinski definition) is 0. The normalized spacial score (nSPS) is 44.2. The van der Waals surface area contributed by atoms with E-state index in [1.807, 2.05) is 0 Å². The fraction of sp³-hybridized carbons (Fsp3) is 1.00. The van der Waals surface area contributed by atoms with Crippen LogP contribution < -0.4 is 0 Å². The quantitative estimate of drug-likeness (QED) is 0.690. The maximum absolute atomic E-state index is 6.24. The van der Waals surface area contributed by atoms with E-state index in [4.69, 9.17) is 9.31 Å². The molecule has 4 fully saturated rings. The van der Waals surface area contributed by atoms with Crippen molar-refractivity contribution in [1.82, 2.24) is 0 Å². The first-order valence-electron chi connectivity index (χ1n) is 8.34. The summed E-state index contributed by atoms with van der Waals surface area (Å²) in [6.07, 6.45) is 5.21. The molecule has 114 valence electrons. The maximum atomic E-state index is 6.24. The van der Waals surface area contributed by atoms with Gasteiger partial charge in [-0.15, -0.1) is 0 Å². The van der Waals surface area contributed by atoms with Crippen molar-refractivity contribution in [2.75, 3.05) is 0 Å². The highest BCUT2D eigenvalue weighted by Gasteiger charge is 2.61. The molecule has 3 heteroatoms. The van der Waals surface area contributed by atoms with E-state index >= 15 is 0 Å². The van der Waals surface area contributed by atoms with Gasteiger partial charge in [-0.2, -0.15) is 0 Å². The number of rotatable bonds is 2. The van der Waals surface area contributed by atoms with Crippen LogP contribution in [0.5, 0.6) is 0 Å². The summed E-state index contributed by atoms with van der Waals surface area (Å²) in [4.78, 5) is 0. The fourth-order valence-electron chi connectivity index (χ4n) is 5.04. The van der Waals surface area contributed by atoms with Crippen LogP contribution in [0.1, 0.15) is 67.7 Å². The van der Waals surface area contributed by atoms with Gasteiger partial charge in [0.25, 0.3) is 0 Å². The first-order valence-corrected chi connectivity index (χ1v) is 8.34. The zero-order valence-electron chi connectivity index (χ0n) is 14.4. The molecule has 1 heterocycles. The highest BCUT2D eigenvalue weighted by molar-refractivity contribution is 6.45. The van der Waals surface area contributed by atoms with Crippen molar-refractivity contribution < 1.29 is 9.31 Å². The first-order chi connectivity index (χ1) is 8.98. The van der Waals surface area contributed by atoms with E-state index in [9.17, 15) is 0 Å². The van der Waals surface area contributed by atoms with Crippen LogP contribution in [0.4, 0.5) is 0 Å². The molecule has 0 aromatic carbocycles. The van der Waals surface area contributed by atoms with E-state index < -0.39 is 0 Å². The molecule has 3 unspecified atom stereocenters. The standard InChI is InChI=1S/C17H31BO2/c1-14(2)12-8-9-17(7,13(14)10-12)11-18-19-15(3,4)16(5,6)20-18/h12-13H,8-11H2,1-7H3. The van der Waals surface area contributed by atoms with Crippen LogP contribution in [-0.4, -0.2) is 18.3 Å². The Balaban J connectivity index is 1.73. The van der Waals surface area contributed by atoms with E-state index in [1.54, 1.807) is 0 Å². The molecule has 4 aliphatic rings. The van der Waals surface area contributed by atoms with Gasteiger partial charge in [0, 0.05) is 0 Å². The molecule has 3 aliphatic carbocycles. The van der Waals surface area contributed by atoms with Crippen LogP contribution in [0.2, 0.25) is 6.32 Å². The lowest BCUT2D eigenvalue weighted by molar-refractivity contribution is -0.143. The van der Waals surface area contributed by atoms with Gasteiger partial charge in [-0.05, 0) is 75.9 Å². The highest BCUT2D eigenvalue weighted by Crippen LogP contribution is 2.67. The summed E-state index contributed by atoms with van der Waals surface area (Å²) in [6, 6.07) is 0. The topological polar surface area (TPSA) is 18.5 Å². The second-order valence-corrected chi connectivity index (χ2v) is 9.39. The van der Waals surface area contributed by atoms with Crippen molar-refractivity contribution in [3.63, 3.8) is 0 Å². The smallest absolute Gasteiger partial charge is 0.403 e. The summed E-state index contributed by atoms with van der Waals surface area (Å²) in [7, 11) is -0.0297. The van der Waals surface area contributed by atoms with Crippen molar-refractivity contribution in [3.05, 3.63) is 0 Å². The van der Waals surface area contributed by atoms with Gasteiger partial charge in [0.05, 0.1) is 11.2 Å². The van der Waals surface area contributed by atoms with Gasteiger partial charge in [0.1, 0.15) is 0 Å². The largest absolute Gasteiger partial charge is 0.458 e. The third-order valence-electron chi connectivity index (χ3n) is 7.31. The molecule has 0 radical (unpaired) electrons. The summed E-state index contributed by atoms with van der Waals surface area (Å²) in [5.74, 6) is 1.80. The summed E-state index contributed by atoms with van der Waals surface area (Å²) >= 11 is 0. The molecule has 1 aliphatic heterocycles. The van der Waals surface area contributed by atoms with Crippen molar-refractivity contribution in [1.29, 1.82) is 0 Å². The van der Waals surface area contributed by atoms with Crippen LogP contribution in [-0.2, 0) is 9.31 Å². The average Bonchev–Trinajstić information content (AvgIpc) is 2.45. The Kier molecular flexibility index (Phi) is 3.01. The maximum Gasteiger partial charge on any atom is 0.458 e. The van der Waals surface area contributed by atoms with Gasteiger partial charge in [0.2, 0.25) is 0 Å². The minimum Gasteiger partial charge on any atom is -0.403 e. The average molecular weight is 278 g/mol. The molecule has 4 rings (SSSR count). The van der Waals surface area contributed by atoms with Crippen molar-refractivity contribution in [2.24, 2.45) is 22.7 Å². The molecular weight excluding hydrogens is 247 g/mol. The number of fused-ring (bicyclic) bond motifs is 2. The molecule has 0 aromatic heterocycles. The third-order valence-corrected chi connectivity index (χ3v) is 7.31. The van der Waals surface area contributed by atoms with Gasteiger partial charge >= 0.3 is 7.12 Å². The molecular formula is C17H31BO2. The monoisotopic (exact) mass is 278 g/mol. The Hall–Kier alpha value is -0.0151. The zero-order valence-corrected chi connectivity index (χ0v) is 14.4. The van der Waals surface area contributed by atoms with Crippen LogP contribution in [0, 0.1) is 22.7 Å². The van der Waals surface area contributed by atoms with Crippen LogP contribution >= 0.6 is 0 Å². The van der Waals surface area contributed by atoms with Crippen LogP contribution in [0.25, 0.3) is 0 Å². The van der Waals surface area contributed by atoms with E-state index in [-0.39, 0.29) is 18.3 Å². The molecule has 1 saturated heterocycles. The van der Waals surface area contributed by atoms with Crippen molar-refractivity contribution in [2.45, 2.75) is 85.3 Å². The second-order valence-electron chi connectivity index (χ2n) is 9.39. The third kappa shape index (κ3) is 1.92. The lowest BCUT2D eigenvalue weighted by Crippen LogP contribution is -2.57. The van der Waals surface area contributed by atoms with Crippen LogP contribution in [0.3, 0.4) is 0 Å². The summed E-state index contributed by atoms with van der Waals surface area (Å²) in [5, 5.41) is 0. The molecule has 20 heavy (non-hydrogen) atoms. The lowest BCUT2D eigenvalue weighted by atomic mass is 9.38. The zero-order chi connectivity index (χ0) is 15.0. The SMILES string of the molecule is CC1(CB2OC(C)(C)C(C)(C)O2)CCC2CC1C2(C)C. The minimum absolute atomic E-state index is 0.0297. The Labute approximate surface area is 125 Å². The number of hydrogen-bond acceptors (Lipinski definition) is 2. The predicted molar refractivity (Wildman–Crippen MR) is 83.6 cm³/mol. The molecule has 2 nitrogen and oxygen atoms in total. The molecule has 0 spiro atoms. The van der Waals surface area contributed by atoms with Crippen LogP contribution in [0.15, 0.2) is 0 Å². The van der Waals surface area contributed by atoms with Gasteiger partial charge in [-0.1, -0.05) is 20.8 Å². The summed E-state index contributed by atoms with van der Waals surface area (Å²) in [5.41, 5.74) is 0.525. The fourth-order valence-corrected chi connectivity index (χ4v) is 5.04. The first kappa shape index (κ1) is 14.9. The minimum atomic E-state index is -0.194. The highest BCUT2D eigenvalue weighted by atomic mass is 16.7. The van der Waals surface area contributed by atoms with E-state index in [1.165, 1.54) is 19.3 Å². The van der Waals surface area contributed by atoms with Crippen molar-refractivity contribution >= 4 is 7.12 Å². The van der Waals surface area contributed by atoms with Gasteiger partial charge < -0.3 is 9.31 Å². The van der Waals surface area contributed by atoms with Gasteiger partial charge in [-0.3, -0.25) is 0 Å². The molecule has 3 saturated carbocycles. The summed E-state index contributed by atoms with van der Waals surface area (Å²) in [6.45, 7) is 16.0. The molecule has 0 amide bonds. The predicted octanol–water partition coefficient (Wildman–Crippen LogP) is 4.54. The Morgan fingerprint density at radius 1 is 0.950 bits per heavy atom. The molecule has 3 atom stereocenters. The molecule has 0 N–H and O–H groups in total. The Bertz CT molecular complexity index is 397. The van der Waals surface area contributed by atoms with E-state index in [0.29, 0.717) is 10.8 Å². The Morgan fingerprint density at radius 3 is 1.95 bits per heavy atom. The van der Waals surface area contributed by atoms with E-state index in [2.05, 4.69) is 48.5 Å².